The van der Waals surface area contributed by atoms with Crippen molar-refractivity contribution in [3.05, 3.63) is 41.1 Å². The van der Waals surface area contributed by atoms with Crippen LogP contribution in [-0.2, 0) is 25.8 Å². The first-order chi connectivity index (χ1) is 10.3. The quantitative estimate of drug-likeness (QED) is 0.444. The third kappa shape index (κ3) is 5.68. The zero-order valence-corrected chi connectivity index (χ0v) is 22.1. The predicted octanol–water partition coefficient (Wildman–Crippen LogP) is -1.64. The molecule has 0 aromatic heterocycles. The van der Waals surface area contributed by atoms with E-state index in [4.69, 9.17) is 0 Å². The molecule has 1 aromatic carbocycles. The maximum atomic E-state index is 4.00. The van der Waals surface area contributed by atoms with Crippen molar-refractivity contribution in [1.82, 2.24) is 9.88 Å². The topological polar surface area (TPSA) is 15.3 Å². The minimum absolute atomic E-state index is 0. The van der Waals surface area contributed by atoms with Gasteiger partial charge in [0.15, 0.2) is 0 Å². The number of nitrogens with one attached hydrogen (secondary N) is 1. The van der Waals surface area contributed by atoms with Gasteiger partial charge in [-0.1, -0.05) is 37.4 Å². The van der Waals surface area contributed by atoms with Gasteiger partial charge in [0, 0.05) is 29.9 Å². The zero-order valence-electron chi connectivity index (χ0n) is 16.0. The van der Waals surface area contributed by atoms with Crippen LogP contribution in [0.15, 0.2) is 30.0 Å². The first kappa shape index (κ1) is 25.4. The van der Waals surface area contributed by atoms with Crippen molar-refractivity contribution in [3.8, 4) is 0 Å². The maximum Gasteiger partial charge on any atom is 2.00 e. The van der Waals surface area contributed by atoms with Gasteiger partial charge in [-0.25, -0.2) is 0 Å². The summed E-state index contributed by atoms with van der Waals surface area (Å²) in [6, 6.07) is 9.00. The average molecular weight is 564 g/mol. The van der Waals surface area contributed by atoms with Crippen molar-refractivity contribution in [2.24, 2.45) is 0 Å². The van der Waals surface area contributed by atoms with Gasteiger partial charge in [-0.05, 0) is 50.8 Å². The minimum Gasteiger partial charge on any atom is -1.00 e. The molecule has 1 atom stereocenters. The molecule has 2 aliphatic rings. The molecule has 1 unspecified atom stereocenters. The van der Waals surface area contributed by atoms with Gasteiger partial charge in [0.1, 0.15) is 8.24 Å². The molecule has 0 amide bonds. The van der Waals surface area contributed by atoms with Crippen molar-refractivity contribution in [1.29, 1.82) is 0 Å². The summed E-state index contributed by atoms with van der Waals surface area (Å²) < 4.78 is 0. The molecule has 0 radical (unpaired) electrons. The molecule has 1 saturated heterocycles. The van der Waals surface area contributed by atoms with Crippen molar-refractivity contribution in [2.75, 3.05) is 13.1 Å². The Kier molecular flexibility index (Phi) is 9.69. The molecule has 3 rings (SSSR count). The van der Waals surface area contributed by atoms with Crippen LogP contribution in [0.2, 0.25) is 13.1 Å². The van der Waals surface area contributed by atoms with Gasteiger partial charge in [-0.3, -0.25) is 0 Å². The van der Waals surface area contributed by atoms with Crippen LogP contribution in [0.25, 0.3) is 6.08 Å². The molecule has 2 nitrogen and oxygen atoms in total. The van der Waals surface area contributed by atoms with Gasteiger partial charge in [-0.2, -0.15) is 0 Å². The third-order valence-corrected chi connectivity index (χ3v) is 8.24. The zero-order chi connectivity index (χ0) is 16.0. The van der Waals surface area contributed by atoms with E-state index in [0.29, 0.717) is 5.54 Å². The first-order valence-electron chi connectivity index (χ1n) is 8.63. The van der Waals surface area contributed by atoms with Crippen LogP contribution in [0.1, 0.15) is 50.3 Å². The SMILES string of the molecule is CC(C)(C)N[Si](C)(C)C1C(N2CCCC2)=Cc2ccccc21.[Cl-].[Cl-].[Hf+2]. The Morgan fingerprint density at radius 3 is 2.16 bits per heavy atom. The molecule has 0 bridgehead atoms. The number of hydrogen-bond donors (Lipinski definition) is 1. The molecule has 1 aliphatic heterocycles. The first-order valence-corrected chi connectivity index (χ1v) is 11.7. The number of halogens is 2. The molecule has 25 heavy (non-hydrogen) atoms. The van der Waals surface area contributed by atoms with Crippen LogP contribution < -0.4 is 29.8 Å². The second-order valence-electron chi connectivity index (χ2n) is 8.42. The summed E-state index contributed by atoms with van der Waals surface area (Å²) in [6.45, 7) is 14.3. The molecule has 1 aromatic rings. The number of hydrogen-bond acceptors (Lipinski definition) is 2. The molecule has 0 spiro atoms. The molecule has 1 N–H and O–H groups in total. The summed E-state index contributed by atoms with van der Waals surface area (Å²) in [5.74, 6) is 0. The number of rotatable bonds is 3. The number of likely N-dealkylation sites (tertiary alicyclic amines) is 1. The monoisotopic (exact) mass is 564 g/mol. The van der Waals surface area contributed by atoms with Crippen LogP contribution >= 0.6 is 0 Å². The Labute approximate surface area is 185 Å². The normalized spacial score (nSPS) is 19.3. The number of nitrogens with zero attached hydrogens (tertiary/aromatic N) is 1. The fourth-order valence-corrected chi connectivity index (χ4v) is 8.48. The van der Waals surface area contributed by atoms with Crippen LogP contribution in [0, 0.1) is 0 Å². The van der Waals surface area contributed by atoms with Crippen molar-refractivity contribution in [3.63, 3.8) is 0 Å². The van der Waals surface area contributed by atoms with Gasteiger partial charge in [0.05, 0.1) is 0 Å². The summed E-state index contributed by atoms with van der Waals surface area (Å²) >= 11 is 0. The van der Waals surface area contributed by atoms with Gasteiger partial charge in [0.25, 0.3) is 0 Å². The Balaban J connectivity index is 0.00000192. The van der Waals surface area contributed by atoms with Crippen molar-refractivity contribution < 1.29 is 50.7 Å². The van der Waals surface area contributed by atoms with Gasteiger partial charge in [-0.15, -0.1) is 0 Å². The standard InChI is InChI=1S/C19H30N2Si.2ClH.Hf/c1-19(2,3)20-22(4,5)18-16-11-7-6-10-15(16)14-17(18)21-12-8-9-13-21;;;/h6-7,10-11,14,18,20H,8-9,12-13H2,1-5H3;2*1H;/q;;;+2/p-2. The molecular weight excluding hydrogens is 534 g/mol. The van der Waals surface area contributed by atoms with Crippen LogP contribution in [0.4, 0.5) is 0 Å². The van der Waals surface area contributed by atoms with Crippen LogP contribution in [0.5, 0.6) is 0 Å². The number of fused-ring (bicyclic) bond motifs is 1. The van der Waals surface area contributed by atoms with Gasteiger partial charge in [0.2, 0.25) is 0 Å². The van der Waals surface area contributed by atoms with Gasteiger partial charge >= 0.3 is 25.8 Å². The van der Waals surface area contributed by atoms with E-state index in [1.807, 2.05) is 0 Å². The van der Waals surface area contributed by atoms with E-state index in [1.165, 1.54) is 37.1 Å². The van der Waals surface area contributed by atoms with Gasteiger partial charge < -0.3 is 34.7 Å². The Morgan fingerprint density at radius 2 is 1.60 bits per heavy atom. The third-order valence-electron chi connectivity index (χ3n) is 4.80. The van der Waals surface area contributed by atoms with E-state index in [-0.39, 0.29) is 56.2 Å². The Hall–Kier alpha value is 0.387. The smallest absolute Gasteiger partial charge is 1.00 e. The summed E-state index contributed by atoms with van der Waals surface area (Å²) in [6.07, 6.45) is 5.15. The summed E-state index contributed by atoms with van der Waals surface area (Å²) in [5.41, 5.74) is 5.29. The fourth-order valence-electron chi connectivity index (χ4n) is 4.35. The Morgan fingerprint density at radius 1 is 1.04 bits per heavy atom. The summed E-state index contributed by atoms with van der Waals surface area (Å²) in [4.78, 5) is 6.65. The molecule has 138 valence electrons. The van der Waals surface area contributed by atoms with Crippen LogP contribution in [0.3, 0.4) is 0 Å². The average Bonchev–Trinajstić information content (AvgIpc) is 3.03. The fraction of sp³-hybridized carbons (Fsp3) is 0.579. The number of allylic oxidation sites excluding steroid dienone is 1. The molecule has 6 heteroatoms. The summed E-state index contributed by atoms with van der Waals surface area (Å²) in [7, 11) is -1.65. The molecule has 1 aliphatic carbocycles. The second kappa shape index (κ2) is 9.54. The summed E-state index contributed by atoms with van der Waals surface area (Å²) in [5, 5.41) is 0. The minimum atomic E-state index is -1.65. The van der Waals surface area contributed by atoms with E-state index in [1.54, 1.807) is 5.70 Å². The van der Waals surface area contributed by atoms with Crippen LogP contribution in [-0.4, -0.2) is 31.8 Å². The molecule has 0 saturated carbocycles. The van der Waals surface area contributed by atoms with E-state index < -0.39 is 8.24 Å². The number of benzene rings is 1. The Bertz CT molecular complexity index is 593. The van der Waals surface area contributed by atoms with E-state index in [2.05, 4.69) is 74.1 Å². The molecule has 1 heterocycles. The predicted molar refractivity (Wildman–Crippen MR) is 98.3 cm³/mol. The van der Waals surface area contributed by atoms with E-state index in [9.17, 15) is 0 Å². The van der Waals surface area contributed by atoms with E-state index >= 15 is 0 Å². The molecular formula is C19H30Cl2HfN2Si. The van der Waals surface area contributed by atoms with E-state index in [0.717, 1.165) is 0 Å². The maximum absolute atomic E-state index is 4.00. The van der Waals surface area contributed by atoms with Crippen molar-refractivity contribution in [2.45, 2.75) is 57.8 Å². The molecule has 1 fully saturated rings. The largest absolute Gasteiger partial charge is 2.00 e. The van der Waals surface area contributed by atoms with Crippen molar-refractivity contribution >= 4 is 14.3 Å². The second-order valence-corrected chi connectivity index (χ2v) is 12.7.